The minimum absolute atomic E-state index is 0.151. The van der Waals surface area contributed by atoms with Crippen LogP contribution in [0, 0.1) is 0 Å². The molecule has 0 aliphatic rings. The van der Waals surface area contributed by atoms with Crippen molar-refractivity contribution in [1.29, 1.82) is 0 Å². The summed E-state index contributed by atoms with van der Waals surface area (Å²) in [4.78, 5) is 24.5. The monoisotopic (exact) mass is 439 g/mol. The lowest BCUT2D eigenvalue weighted by Crippen LogP contribution is -2.15. The molecule has 0 aliphatic heterocycles. The summed E-state index contributed by atoms with van der Waals surface area (Å²) in [6.07, 6.45) is 1.62. The van der Waals surface area contributed by atoms with Gasteiger partial charge < -0.3 is 15.5 Å². The molecular weight excluding hydrogens is 422 g/mol. The molecule has 2 amide bonds. The van der Waals surface area contributed by atoms with Gasteiger partial charge in [-0.25, -0.2) is 0 Å². The number of nitrogens with zero attached hydrogens (tertiary/aromatic N) is 3. The molecule has 3 heterocycles. The highest BCUT2D eigenvalue weighted by atomic mass is 32.2. The Balaban J connectivity index is 1.46. The van der Waals surface area contributed by atoms with E-state index in [0.29, 0.717) is 23.0 Å². The first kappa shape index (κ1) is 19.9. The van der Waals surface area contributed by atoms with Crippen LogP contribution in [0.5, 0.6) is 0 Å². The van der Waals surface area contributed by atoms with Gasteiger partial charge in [-0.2, -0.15) is 0 Å². The minimum atomic E-state index is -0.513. The quantitative estimate of drug-likeness (QED) is 0.406. The highest BCUT2D eigenvalue weighted by Gasteiger charge is 2.17. The van der Waals surface area contributed by atoms with E-state index >= 15 is 0 Å². The number of primary amides is 1. The Morgan fingerprint density at radius 2 is 1.97 bits per heavy atom. The fourth-order valence-corrected chi connectivity index (χ4v) is 4.18. The maximum atomic E-state index is 12.4. The summed E-state index contributed by atoms with van der Waals surface area (Å²) in [5.74, 6) is 0.941. The van der Waals surface area contributed by atoms with Gasteiger partial charge in [-0.15, -0.1) is 21.5 Å². The number of aromatic nitrogens is 3. The second-order valence-electron chi connectivity index (χ2n) is 6.23. The number of thioether (sulfide) groups is 1. The molecule has 0 unspecified atom stereocenters. The zero-order valence-corrected chi connectivity index (χ0v) is 17.3. The Morgan fingerprint density at radius 1 is 1.13 bits per heavy atom. The Morgan fingerprint density at radius 3 is 2.63 bits per heavy atom. The molecule has 0 bridgehead atoms. The van der Waals surface area contributed by atoms with E-state index in [4.69, 9.17) is 10.2 Å². The molecule has 3 N–H and O–H groups in total. The van der Waals surface area contributed by atoms with Gasteiger partial charge in [0.1, 0.15) is 5.76 Å². The molecule has 0 radical (unpaired) electrons. The average molecular weight is 440 g/mol. The normalized spacial score (nSPS) is 10.8. The van der Waals surface area contributed by atoms with Crippen molar-refractivity contribution in [2.24, 2.45) is 5.73 Å². The van der Waals surface area contributed by atoms with Crippen molar-refractivity contribution < 1.29 is 14.0 Å². The van der Waals surface area contributed by atoms with E-state index in [2.05, 4.69) is 15.5 Å². The van der Waals surface area contributed by atoms with Crippen molar-refractivity contribution in [2.45, 2.75) is 11.7 Å². The Labute approximate surface area is 180 Å². The summed E-state index contributed by atoms with van der Waals surface area (Å²) in [6.45, 7) is 0.464. The number of thiophene rings is 1. The number of hydrogen-bond donors (Lipinski definition) is 2. The molecule has 4 rings (SSSR count). The predicted molar refractivity (Wildman–Crippen MR) is 115 cm³/mol. The van der Waals surface area contributed by atoms with E-state index in [-0.39, 0.29) is 11.7 Å². The number of amides is 2. The number of furan rings is 1. The largest absolute Gasteiger partial charge is 0.467 e. The topological polar surface area (TPSA) is 116 Å². The van der Waals surface area contributed by atoms with Gasteiger partial charge in [0, 0.05) is 11.3 Å². The molecule has 0 fully saturated rings. The fraction of sp³-hybridized carbons (Fsp3) is 0.100. The summed E-state index contributed by atoms with van der Waals surface area (Å²) in [5, 5.41) is 14.0. The van der Waals surface area contributed by atoms with E-state index in [0.717, 1.165) is 16.5 Å². The highest BCUT2D eigenvalue weighted by Crippen LogP contribution is 2.28. The van der Waals surface area contributed by atoms with Crippen LogP contribution in [-0.4, -0.2) is 32.3 Å². The maximum Gasteiger partial charge on any atom is 0.248 e. The van der Waals surface area contributed by atoms with Crippen LogP contribution in [0.15, 0.2) is 69.7 Å². The van der Waals surface area contributed by atoms with E-state index < -0.39 is 5.91 Å². The third kappa shape index (κ3) is 4.61. The summed E-state index contributed by atoms with van der Waals surface area (Å²) in [7, 11) is 0. The summed E-state index contributed by atoms with van der Waals surface area (Å²) in [5.41, 5.74) is 6.19. The van der Waals surface area contributed by atoms with Gasteiger partial charge in [0.15, 0.2) is 11.0 Å². The minimum Gasteiger partial charge on any atom is -0.467 e. The molecule has 4 aromatic rings. The SMILES string of the molecule is NC(=O)c1ccc(NC(=O)CSc2nnc(-c3cccs3)n2Cc2ccco2)cc1. The molecule has 30 heavy (non-hydrogen) atoms. The van der Waals surface area contributed by atoms with Gasteiger partial charge in [0.2, 0.25) is 11.8 Å². The second-order valence-corrected chi connectivity index (χ2v) is 8.12. The van der Waals surface area contributed by atoms with Gasteiger partial charge in [-0.1, -0.05) is 17.8 Å². The number of carbonyl (C=O) groups excluding carboxylic acids is 2. The molecule has 0 atom stereocenters. The van der Waals surface area contributed by atoms with Crippen LogP contribution >= 0.6 is 23.1 Å². The number of carbonyl (C=O) groups is 2. The van der Waals surface area contributed by atoms with Crippen LogP contribution in [0.4, 0.5) is 5.69 Å². The molecule has 8 nitrogen and oxygen atoms in total. The Bertz CT molecular complexity index is 1140. The summed E-state index contributed by atoms with van der Waals surface area (Å²) in [6, 6.07) is 14.0. The van der Waals surface area contributed by atoms with Crippen molar-refractivity contribution >= 4 is 40.6 Å². The zero-order valence-electron chi connectivity index (χ0n) is 15.6. The second kappa shape index (κ2) is 8.97. The van der Waals surface area contributed by atoms with Crippen molar-refractivity contribution in [3.8, 4) is 10.7 Å². The third-order valence-electron chi connectivity index (χ3n) is 4.14. The van der Waals surface area contributed by atoms with E-state index in [1.807, 2.05) is 34.2 Å². The molecular formula is C20H17N5O3S2. The molecule has 0 saturated carbocycles. The number of rotatable bonds is 8. The van der Waals surface area contributed by atoms with Crippen molar-refractivity contribution in [3.05, 3.63) is 71.5 Å². The average Bonchev–Trinajstić information content (AvgIpc) is 3.50. The first-order valence-electron chi connectivity index (χ1n) is 8.92. The molecule has 1 aromatic carbocycles. The van der Waals surface area contributed by atoms with Gasteiger partial charge in [0.05, 0.1) is 23.4 Å². The molecule has 0 spiro atoms. The number of hydrogen-bond acceptors (Lipinski definition) is 7. The molecule has 10 heteroatoms. The van der Waals surface area contributed by atoms with E-state index in [1.165, 1.54) is 11.8 Å². The van der Waals surface area contributed by atoms with Crippen LogP contribution in [0.25, 0.3) is 10.7 Å². The smallest absolute Gasteiger partial charge is 0.248 e. The fourth-order valence-electron chi connectivity index (χ4n) is 2.73. The van der Waals surface area contributed by atoms with Crippen LogP contribution in [0.2, 0.25) is 0 Å². The van der Waals surface area contributed by atoms with Crippen LogP contribution in [-0.2, 0) is 11.3 Å². The zero-order chi connectivity index (χ0) is 20.9. The molecule has 3 aromatic heterocycles. The highest BCUT2D eigenvalue weighted by molar-refractivity contribution is 7.99. The van der Waals surface area contributed by atoms with Crippen LogP contribution in [0.3, 0.4) is 0 Å². The molecule has 0 saturated heterocycles. The van der Waals surface area contributed by atoms with Crippen LogP contribution in [0.1, 0.15) is 16.1 Å². The summed E-state index contributed by atoms with van der Waals surface area (Å²) >= 11 is 2.86. The lowest BCUT2D eigenvalue weighted by atomic mass is 10.2. The molecule has 152 valence electrons. The lowest BCUT2D eigenvalue weighted by molar-refractivity contribution is -0.113. The van der Waals surface area contributed by atoms with Crippen molar-refractivity contribution in [2.75, 3.05) is 11.1 Å². The van der Waals surface area contributed by atoms with Crippen molar-refractivity contribution in [3.63, 3.8) is 0 Å². The molecule has 0 aliphatic carbocycles. The van der Waals surface area contributed by atoms with E-state index in [9.17, 15) is 9.59 Å². The third-order valence-corrected chi connectivity index (χ3v) is 5.97. The lowest BCUT2D eigenvalue weighted by Gasteiger charge is -2.08. The van der Waals surface area contributed by atoms with Gasteiger partial charge in [0.25, 0.3) is 0 Å². The standard InChI is InChI=1S/C20H17N5O3S2/c21-18(27)13-5-7-14(8-6-13)22-17(26)12-30-20-24-23-19(16-4-2-10-29-16)25(20)11-15-3-1-9-28-15/h1-10H,11-12H2,(H2,21,27)(H,22,26). The summed E-state index contributed by atoms with van der Waals surface area (Å²) < 4.78 is 7.41. The predicted octanol–water partition coefficient (Wildman–Crippen LogP) is 3.48. The first-order chi connectivity index (χ1) is 14.6. The Hall–Kier alpha value is -3.37. The number of benzene rings is 1. The van der Waals surface area contributed by atoms with Gasteiger partial charge in [-0.3, -0.25) is 14.2 Å². The number of nitrogens with two attached hydrogens (primary N) is 1. The van der Waals surface area contributed by atoms with Crippen LogP contribution < -0.4 is 11.1 Å². The maximum absolute atomic E-state index is 12.4. The van der Waals surface area contributed by atoms with Gasteiger partial charge >= 0.3 is 0 Å². The van der Waals surface area contributed by atoms with E-state index in [1.54, 1.807) is 41.9 Å². The van der Waals surface area contributed by atoms with Crippen molar-refractivity contribution in [1.82, 2.24) is 14.8 Å². The number of nitrogens with one attached hydrogen (secondary N) is 1. The first-order valence-corrected chi connectivity index (χ1v) is 10.8. The number of anilines is 1. The Kier molecular flexibility index (Phi) is 5.96. The van der Waals surface area contributed by atoms with Gasteiger partial charge in [-0.05, 0) is 47.8 Å².